The Bertz CT molecular complexity index is 408. The smallest absolute Gasteiger partial charge is 0.239 e. The lowest BCUT2D eigenvalue weighted by Gasteiger charge is -2.20. The molecule has 1 atom stereocenters. The highest BCUT2D eigenvalue weighted by molar-refractivity contribution is 7.12. The fourth-order valence-corrected chi connectivity index (χ4v) is 3.55. The van der Waals surface area contributed by atoms with Crippen LogP contribution in [0.3, 0.4) is 0 Å². The zero-order chi connectivity index (χ0) is 12.4. The van der Waals surface area contributed by atoms with E-state index < -0.39 is 0 Å². The Morgan fingerprint density at radius 2 is 2.12 bits per heavy atom. The normalized spacial score (nSPS) is 18.5. The molecule has 0 bridgehead atoms. The largest absolute Gasteiger partial charge is 0.368 e. The molecule has 3 nitrogen and oxygen atoms in total. The van der Waals surface area contributed by atoms with Gasteiger partial charge in [0.05, 0.1) is 0 Å². The van der Waals surface area contributed by atoms with Gasteiger partial charge in [-0.3, -0.25) is 10.1 Å². The van der Waals surface area contributed by atoms with Gasteiger partial charge >= 0.3 is 0 Å². The maximum atomic E-state index is 11.6. The number of carbonyl (C=O) groups is 1. The van der Waals surface area contributed by atoms with E-state index in [2.05, 4.69) is 25.2 Å². The minimum Gasteiger partial charge on any atom is -0.368 e. The number of carbonyl (C=O) groups excluding carboxylic acids is 1. The molecule has 1 aromatic heterocycles. The Morgan fingerprint density at radius 3 is 2.59 bits per heavy atom. The van der Waals surface area contributed by atoms with E-state index in [-0.39, 0.29) is 11.9 Å². The van der Waals surface area contributed by atoms with E-state index in [0.717, 1.165) is 18.4 Å². The number of aryl methyl sites for hydroxylation is 2. The number of amides is 1. The van der Waals surface area contributed by atoms with Gasteiger partial charge in [0.25, 0.3) is 0 Å². The van der Waals surface area contributed by atoms with Crippen molar-refractivity contribution in [2.75, 3.05) is 0 Å². The average molecular weight is 252 g/mol. The molecule has 0 radical (unpaired) electrons. The summed E-state index contributed by atoms with van der Waals surface area (Å²) in [6.45, 7) is 4.12. The molecule has 1 saturated carbocycles. The summed E-state index contributed by atoms with van der Waals surface area (Å²) in [7, 11) is 0. The summed E-state index contributed by atoms with van der Waals surface area (Å²) in [6, 6.07) is 2.22. The predicted molar refractivity (Wildman–Crippen MR) is 71.1 cm³/mol. The minimum atomic E-state index is -0.317. The average Bonchev–Trinajstić information content (AvgIpc) is 2.84. The highest BCUT2D eigenvalue weighted by atomic mass is 32.1. The molecule has 3 N–H and O–H groups in total. The van der Waals surface area contributed by atoms with Crippen molar-refractivity contribution in [1.29, 1.82) is 0 Å². The molecular weight excluding hydrogens is 232 g/mol. The number of nitrogens with one attached hydrogen (secondary N) is 1. The molecule has 1 aliphatic carbocycles. The van der Waals surface area contributed by atoms with Gasteiger partial charge in [-0.1, -0.05) is 12.8 Å². The zero-order valence-electron chi connectivity index (χ0n) is 10.5. The van der Waals surface area contributed by atoms with Crippen molar-refractivity contribution >= 4 is 17.2 Å². The number of hydrogen-bond acceptors (Lipinski definition) is 3. The minimum absolute atomic E-state index is 0.266. The number of primary amides is 1. The van der Waals surface area contributed by atoms with Crippen molar-refractivity contribution in [1.82, 2.24) is 5.32 Å². The Balaban J connectivity index is 2.16. The van der Waals surface area contributed by atoms with Crippen molar-refractivity contribution in [2.45, 2.75) is 51.6 Å². The van der Waals surface area contributed by atoms with Crippen LogP contribution in [-0.4, -0.2) is 11.9 Å². The second-order valence-corrected chi connectivity index (χ2v) is 6.31. The van der Waals surface area contributed by atoms with Gasteiger partial charge in [0, 0.05) is 15.8 Å². The monoisotopic (exact) mass is 252 g/mol. The molecule has 0 aliphatic heterocycles. The maximum Gasteiger partial charge on any atom is 0.239 e. The van der Waals surface area contributed by atoms with Gasteiger partial charge < -0.3 is 5.73 Å². The molecule has 1 aromatic rings. The van der Waals surface area contributed by atoms with Crippen molar-refractivity contribution < 1.29 is 4.79 Å². The summed E-state index contributed by atoms with van der Waals surface area (Å²) < 4.78 is 0. The van der Waals surface area contributed by atoms with Gasteiger partial charge in [-0.25, -0.2) is 0 Å². The molecule has 1 amide bonds. The van der Waals surface area contributed by atoms with E-state index in [1.807, 2.05) is 0 Å². The van der Waals surface area contributed by atoms with Gasteiger partial charge in [-0.05, 0) is 38.3 Å². The van der Waals surface area contributed by atoms with Crippen LogP contribution in [0.4, 0.5) is 0 Å². The molecule has 1 aliphatic rings. The molecule has 17 heavy (non-hydrogen) atoms. The first-order valence-electron chi connectivity index (χ1n) is 6.20. The third-order valence-electron chi connectivity index (χ3n) is 3.43. The van der Waals surface area contributed by atoms with E-state index in [0.29, 0.717) is 6.04 Å². The third kappa shape index (κ3) is 2.87. The Kier molecular flexibility index (Phi) is 3.84. The number of rotatable bonds is 4. The van der Waals surface area contributed by atoms with Gasteiger partial charge in [0.2, 0.25) is 5.91 Å². The summed E-state index contributed by atoms with van der Waals surface area (Å²) in [5.74, 6) is -0.266. The third-order valence-corrected chi connectivity index (χ3v) is 4.41. The highest BCUT2D eigenvalue weighted by Gasteiger charge is 2.25. The molecule has 0 saturated heterocycles. The summed E-state index contributed by atoms with van der Waals surface area (Å²) in [5.41, 5.74) is 6.59. The molecule has 1 heterocycles. The SMILES string of the molecule is Cc1cc(C(NC2CCCC2)C(N)=O)c(C)s1. The number of nitrogens with two attached hydrogens (primary N) is 1. The van der Waals surface area contributed by atoms with Crippen molar-refractivity contribution in [3.8, 4) is 0 Å². The molecule has 1 unspecified atom stereocenters. The number of hydrogen-bond donors (Lipinski definition) is 2. The Hall–Kier alpha value is -0.870. The van der Waals surface area contributed by atoms with Crippen LogP contribution in [0.5, 0.6) is 0 Å². The van der Waals surface area contributed by atoms with Gasteiger partial charge in [-0.15, -0.1) is 11.3 Å². The topological polar surface area (TPSA) is 55.1 Å². The molecular formula is C13H20N2OS. The lowest BCUT2D eigenvalue weighted by Crippen LogP contribution is -2.38. The van der Waals surface area contributed by atoms with Crippen molar-refractivity contribution in [3.63, 3.8) is 0 Å². The van der Waals surface area contributed by atoms with Crippen LogP contribution >= 0.6 is 11.3 Å². The maximum absolute atomic E-state index is 11.6. The van der Waals surface area contributed by atoms with E-state index in [1.54, 1.807) is 11.3 Å². The second-order valence-electron chi connectivity index (χ2n) is 4.85. The molecule has 1 fully saturated rings. The lowest BCUT2D eigenvalue weighted by atomic mass is 10.1. The van der Waals surface area contributed by atoms with Crippen molar-refractivity contribution in [3.05, 3.63) is 21.4 Å². The standard InChI is InChI=1S/C13H20N2OS/c1-8-7-11(9(2)17-8)12(13(14)16)15-10-5-3-4-6-10/h7,10,12,15H,3-6H2,1-2H3,(H2,14,16). The molecule has 0 aromatic carbocycles. The van der Waals surface area contributed by atoms with Crippen LogP contribution < -0.4 is 11.1 Å². The van der Waals surface area contributed by atoms with Crippen LogP contribution in [0.1, 0.15) is 47.0 Å². The van der Waals surface area contributed by atoms with Crippen molar-refractivity contribution in [2.24, 2.45) is 5.73 Å². The summed E-state index contributed by atoms with van der Waals surface area (Å²) in [5, 5.41) is 3.42. The van der Waals surface area contributed by atoms with Gasteiger partial charge in [0.15, 0.2) is 0 Å². The number of thiophene rings is 1. The fourth-order valence-electron chi connectivity index (χ4n) is 2.59. The van der Waals surface area contributed by atoms with Crippen LogP contribution in [0, 0.1) is 13.8 Å². The van der Waals surface area contributed by atoms with Crippen LogP contribution in [0.15, 0.2) is 6.07 Å². The van der Waals surface area contributed by atoms with Gasteiger partial charge in [0.1, 0.15) is 6.04 Å². The van der Waals surface area contributed by atoms with E-state index in [1.165, 1.54) is 22.6 Å². The predicted octanol–water partition coefficient (Wildman–Crippen LogP) is 2.42. The second kappa shape index (κ2) is 5.19. The van der Waals surface area contributed by atoms with Crippen LogP contribution in [0.2, 0.25) is 0 Å². The van der Waals surface area contributed by atoms with E-state index >= 15 is 0 Å². The summed E-state index contributed by atoms with van der Waals surface area (Å²) >= 11 is 1.73. The highest BCUT2D eigenvalue weighted by Crippen LogP contribution is 2.28. The molecule has 2 rings (SSSR count). The van der Waals surface area contributed by atoms with Crippen LogP contribution in [-0.2, 0) is 4.79 Å². The van der Waals surface area contributed by atoms with E-state index in [9.17, 15) is 4.79 Å². The lowest BCUT2D eigenvalue weighted by molar-refractivity contribution is -0.120. The Labute approximate surface area is 106 Å². The van der Waals surface area contributed by atoms with E-state index in [4.69, 9.17) is 5.73 Å². The first-order chi connectivity index (χ1) is 8.08. The molecule has 0 spiro atoms. The van der Waals surface area contributed by atoms with Gasteiger partial charge in [-0.2, -0.15) is 0 Å². The Morgan fingerprint density at radius 1 is 1.47 bits per heavy atom. The zero-order valence-corrected chi connectivity index (χ0v) is 11.3. The quantitative estimate of drug-likeness (QED) is 0.864. The van der Waals surface area contributed by atoms with Crippen LogP contribution in [0.25, 0.3) is 0 Å². The first-order valence-corrected chi connectivity index (χ1v) is 7.02. The summed E-state index contributed by atoms with van der Waals surface area (Å²) in [6.07, 6.45) is 4.83. The summed E-state index contributed by atoms with van der Waals surface area (Å²) in [4.78, 5) is 14.0. The first kappa shape index (κ1) is 12.6. The molecule has 94 valence electrons. The fraction of sp³-hybridized carbons (Fsp3) is 0.615. The molecule has 4 heteroatoms.